The van der Waals surface area contributed by atoms with Crippen LogP contribution < -0.4 is 51.5 Å². The monoisotopic (exact) mass is 479 g/mol. The van der Waals surface area contributed by atoms with Crippen molar-refractivity contribution in [3.05, 3.63) is 59.5 Å². The predicted octanol–water partition coefficient (Wildman–Crippen LogP) is -2.59. The summed E-state index contributed by atoms with van der Waals surface area (Å²) in [7, 11) is 0. The molecule has 0 aliphatic heterocycles. The van der Waals surface area contributed by atoms with Crippen molar-refractivity contribution in [2.45, 2.75) is 25.4 Å². The topological polar surface area (TPSA) is 213 Å². The molecule has 14 heteroatoms. The van der Waals surface area contributed by atoms with Gasteiger partial charge in [-0.2, -0.15) is 4.98 Å². The molecule has 2 aromatic heterocycles. The number of hydrogen-bond donors (Lipinski definition) is 6. The van der Waals surface area contributed by atoms with Crippen LogP contribution in [0.5, 0.6) is 0 Å². The number of nitrogens with one attached hydrogen (secondary N) is 3. The smallest absolute Gasteiger partial charge is 0.481 e. The first-order valence-electron chi connectivity index (χ1n) is 9.33. The Morgan fingerprint density at radius 3 is 2.41 bits per heavy atom. The quantitative estimate of drug-likeness (QED) is 0.138. The Bertz CT molecular complexity index is 1230. The summed E-state index contributed by atoms with van der Waals surface area (Å²) >= 11 is 0. The van der Waals surface area contributed by atoms with E-state index in [-0.39, 0.29) is 79.0 Å². The fourth-order valence-electron chi connectivity index (χ4n) is 2.75. The van der Waals surface area contributed by atoms with Crippen molar-refractivity contribution < 1.29 is 54.2 Å². The van der Waals surface area contributed by atoms with Gasteiger partial charge in [0, 0.05) is 17.7 Å². The predicted molar refractivity (Wildman–Crippen MR) is 118 cm³/mol. The van der Waals surface area contributed by atoms with E-state index >= 15 is 0 Å². The van der Waals surface area contributed by atoms with Crippen molar-refractivity contribution in [1.82, 2.24) is 25.3 Å². The summed E-state index contributed by atoms with van der Waals surface area (Å²) in [5.74, 6) is -3.16. The van der Waals surface area contributed by atoms with Crippen LogP contribution in [0, 0.1) is 7.43 Å². The number of hydrogen-bond acceptors (Lipinski definition) is 9. The summed E-state index contributed by atoms with van der Waals surface area (Å²) in [5.41, 5.74) is 6.47. The maximum Gasteiger partial charge on any atom is 1.00 e. The molecule has 2 heterocycles. The number of carbonyl (C=O) groups excluding carboxylic acids is 1. The summed E-state index contributed by atoms with van der Waals surface area (Å²) in [6.45, 7) is 0.231. The summed E-state index contributed by atoms with van der Waals surface area (Å²) < 4.78 is 0. The van der Waals surface area contributed by atoms with Gasteiger partial charge in [-0.05, 0) is 30.7 Å². The number of nitrogens with two attached hydrogens (primary N) is 1. The van der Waals surface area contributed by atoms with E-state index in [0.29, 0.717) is 11.4 Å². The number of H-pyrrole nitrogens is 1. The molecular weight excluding hydrogens is 457 g/mol. The summed E-state index contributed by atoms with van der Waals surface area (Å²) in [6.07, 6.45) is 0.840. The number of nitrogens with zero attached hydrogens (tertiary/aromatic N) is 3. The van der Waals surface area contributed by atoms with Crippen LogP contribution >= 0.6 is 0 Å². The first kappa shape index (κ1) is 28.5. The molecule has 0 aliphatic carbocycles. The zero-order valence-corrected chi connectivity index (χ0v) is 20.5. The maximum absolute atomic E-state index is 12.3. The Hall–Kier alpha value is -3.55. The van der Waals surface area contributed by atoms with Crippen LogP contribution in [0.25, 0.3) is 11.2 Å². The van der Waals surface area contributed by atoms with Crippen molar-refractivity contribution >= 4 is 40.6 Å². The van der Waals surface area contributed by atoms with E-state index in [1.54, 1.807) is 12.1 Å². The number of fused-ring (bicyclic) bond motifs is 1. The van der Waals surface area contributed by atoms with Gasteiger partial charge in [-0.15, -0.1) is 0 Å². The third-order valence-electron chi connectivity index (χ3n) is 4.36. The van der Waals surface area contributed by atoms with Gasteiger partial charge in [0.1, 0.15) is 6.04 Å². The van der Waals surface area contributed by atoms with Crippen LogP contribution in [-0.4, -0.2) is 54.0 Å². The second-order valence-electron chi connectivity index (χ2n) is 6.71. The fraction of sp³-hybridized carbons (Fsp3) is 0.200. The second kappa shape index (κ2) is 12.6. The van der Waals surface area contributed by atoms with Crippen LogP contribution in [0.3, 0.4) is 0 Å². The molecule has 13 nitrogen and oxygen atoms in total. The molecule has 1 aromatic carbocycles. The largest absolute Gasteiger partial charge is 1.00 e. The van der Waals surface area contributed by atoms with Gasteiger partial charge in [-0.25, -0.2) is 14.8 Å². The Labute approximate surface area is 215 Å². The van der Waals surface area contributed by atoms with Gasteiger partial charge in [-0.3, -0.25) is 19.4 Å². The van der Waals surface area contributed by atoms with Gasteiger partial charge in [-0.1, -0.05) is 0 Å². The molecule has 1 amide bonds. The maximum atomic E-state index is 12.3. The van der Waals surface area contributed by atoms with Crippen LogP contribution in [0.1, 0.15) is 28.9 Å². The van der Waals surface area contributed by atoms with Gasteiger partial charge in [0.05, 0.1) is 18.4 Å². The molecule has 0 spiro atoms. The number of carboxylic acid groups (broad SMARTS) is 2. The van der Waals surface area contributed by atoms with Gasteiger partial charge < -0.3 is 34.0 Å². The fourth-order valence-corrected chi connectivity index (χ4v) is 2.75. The first-order chi connectivity index (χ1) is 15.2. The normalized spacial score (nSPS) is 10.9. The van der Waals surface area contributed by atoms with Crippen LogP contribution in [0.4, 0.5) is 11.6 Å². The van der Waals surface area contributed by atoms with Crippen molar-refractivity contribution in [2.75, 3.05) is 11.1 Å². The third kappa shape index (κ3) is 7.50. The summed E-state index contributed by atoms with van der Waals surface area (Å²) in [6, 6.07) is 4.86. The molecule has 34 heavy (non-hydrogen) atoms. The molecule has 174 valence electrons. The number of carbonyl (C=O) groups is 3. The van der Waals surface area contributed by atoms with Gasteiger partial charge >= 0.3 is 41.5 Å². The van der Waals surface area contributed by atoms with E-state index in [1.165, 1.54) is 18.3 Å². The minimum Gasteiger partial charge on any atom is -0.481 e. The Balaban J connectivity index is 0.00000289. The SMILES string of the molecule is Nc1nc2ncc(CNc3ccc(C(=O)N[C@@H](CCC(=O)O)C(=O)O)cc3)nc2c(=O)[nH]1.[CH3-].[Na+]. The molecule has 0 aliphatic rings. The van der Waals surface area contributed by atoms with E-state index in [9.17, 15) is 19.2 Å². The molecule has 0 saturated heterocycles. The number of anilines is 2. The number of benzene rings is 1. The van der Waals surface area contributed by atoms with Crippen molar-refractivity contribution in [2.24, 2.45) is 0 Å². The number of aromatic amines is 1. The van der Waals surface area contributed by atoms with Gasteiger partial charge in [0.2, 0.25) is 5.95 Å². The van der Waals surface area contributed by atoms with E-state index in [2.05, 4.69) is 30.6 Å². The minimum atomic E-state index is -1.31. The standard InChI is InChI=1S/C19H19N7O6.CH3.Na/c20-19-25-15-14(17(30)26-19)23-11(8-22-15)7-21-10-3-1-9(2-4-10)16(29)24-12(18(31)32)5-6-13(27)28;;/h1-4,8,12,21H,5-7H2,(H,24,29)(H,27,28)(H,31,32)(H3,20,22,25,26,30);1H3;/q;-1;+1/t12-;;/m0../s1. The number of rotatable bonds is 9. The summed E-state index contributed by atoms with van der Waals surface area (Å²) in [4.78, 5) is 60.6. The van der Waals surface area contributed by atoms with Crippen molar-refractivity contribution in [3.8, 4) is 0 Å². The van der Waals surface area contributed by atoms with Gasteiger partial charge in [0.15, 0.2) is 11.2 Å². The van der Waals surface area contributed by atoms with Gasteiger partial charge in [0.25, 0.3) is 11.5 Å². The number of nitrogen functional groups attached to an aromatic ring is 1. The average Bonchev–Trinajstić information content (AvgIpc) is 2.75. The molecule has 0 saturated carbocycles. The number of carboxylic acids is 2. The Kier molecular flexibility index (Phi) is 10.6. The van der Waals surface area contributed by atoms with Crippen LogP contribution in [0.15, 0.2) is 35.3 Å². The summed E-state index contributed by atoms with van der Waals surface area (Å²) in [5, 5.41) is 23.2. The zero-order chi connectivity index (χ0) is 23.3. The molecule has 3 rings (SSSR count). The number of aromatic nitrogens is 4. The van der Waals surface area contributed by atoms with E-state index in [1.807, 2.05) is 0 Å². The minimum absolute atomic E-state index is 0. The molecule has 0 fully saturated rings. The zero-order valence-electron chi connectivity index (χ0n) is 18.5. The molecule has 0 radical (unpaired) electrons. The van der Waals surface area contributed by atoms with E-state index in [0.717, 1.165) is 0 Å². The molecule has 1 atom stereocenters. The third-order valence-corrected chi connectivity index (χ3v) is 4.36. The Morgan fingerprint density at radius 2 is 1.79 bits per heavy atom. The molecular formula is C20H22N7NaO6. The molecule has 0 bridgehead atoms. The Morgan fingerprint density at radius 1 is 1.12 bits per heavy atom. The number of amides is 1. The molecule has 7 N–H and O–H groups in total. The van der Waals surface area contributed by atoms with Crippen LogP contribution in [-0.2, 0) is 16.1 Å². The number of aliphatic carboxylic acids is 2. The van der Waals surface area contributed by atoms with E-state index < -0.39 is 29.4 Å². The second-order valence-corrected chi connectivity index (χ2v) is 6.71. The average molecular weight is 479 g/mol. The molecule has 3 aromatic rings. The first-order valence-corrected chi connectivity index (χ1v) is 9.33. The van der Waals surface area contributed by atoms with Crippen molar-refractivity contribution in [1.29, 1.82) is 0 Å². The van der Waals surface area contributed by atoms with Crippen LogP contribution in [0.2, 0.25) is 0 Å². The van der Waals surface area contributed by atoms with Crippen molar-refractivity contribution in [3.63, 3.8) is 0 Å². The van der Waals surface area contributed by atoms with E-state index in [4.69, 9.17) is 15.9 Å². The molecule has 0 unspecified atom stereocenters.